The first-order chi connectivity index (χ1) is 16.9. The monoisotopic (exact) mass is 478 g/mol. The summed E-state index contributed by atoms with van der Waals surface area (Å²) in [6.07, 6.45) is 12.1. The molecular formula is C24H30N8O3. The van der Waals surface area contributed by atoms with Crippen molar-refractivity contribution in [3.8, 4) is 0 Å². The SMILES string of the molecule is CC(C)n1nccc1C(=O)N[C@H](C(=O)Nc1cnn(Cc2ncc[nH]c2=O)c1)C(C1CC1)C1CC1. The second-order valence-electron chi connectivity index (χ2n) is 9.74. The zero-order valence-corrected chi connectivity index (χ0v) is 19.8. The van der Waals surface area contributed by atoms with Gasteiger partial charge in [0.05, 0.1) is 18.4 Å². The van der Waals surface area contributed by atoms with Crippen LogP contribution in [-0.4, -0.2) is 47.4 Å². The third kappa shape index (κ3) is 5.18. The van der Waals surface area contributed by atoms with Crippen LogP contribution < -0.4 is 16.2 Å². The Morgan fingerprint density at radius 1 is 1.14 bits per heavy atom. The minimum Gasteiger partial charge on any atom is -0.339 e. The first-order valence-electron chi connectivity index (χ1n) is 12.1. The van der Waals surface area contributed by atoms with Gasteiger partial charge in [0.2, 0.25) is 5.91 Å². The average molecular weight is 479 g/mol. The van der Waals surface area contributed by atoms with Crippen molar-refractivity contribution in [3.05, 3.63) is 58.8 Å². The van der Waals surface area contributed by atoms with E-state index in [9.17, 15) is 14.4 Å². The third-order valence-electron chi connectivity index (χ3n) is 6.67. The van der Waals surface area contributed by atoms with E-state index in [1.54, 1.807) is 27.8 Å². The summed E-state index contributed by atoms with van der Waals surface area (Å²) in [4.78, 5) is 45.3. The predicted octanol–water partition coefficient (Wildman–Crippen LogP) is 1.97. The minimum atomic E-state index is -0.653. The van der Waals surface area contributed by atoms with Crippen LogP contribution in [0.15, 0.2) is 41.8 Å². The van der Waals surface area contributed by atoms with E-state index in [-0.39, 0.29) is 35.9 Å². The smallest absolute Gasteiger partial charge is 0.271 e. The molecule has 0 bridgehead atoms. The Labute approximate surface area is 202 Å². The average Bonchev–Trinajstić information content (AvgIpc) is 3.75. The summed E-state index contributed by atoms with van der Waals surface area (Å²) < 4.78 is 3.21. The molecule has 3 N–H and O–H groups in total. The molecule has 1 atom stereocenters. The summed E-state index contributed by atoms with van der Waals surface area (Å²) in [5, 5.41) is 14.5. The van der Waals surface area contributed by atoms with Gasteiger partial charge >= 0.3 is 0 Å². The Kier molecular flexibility index (Phi) is 6.23. The number of anilines is 1. The van der Waals surface area contributed by atoms with Gasteiger partial charge in [-0.25, -0.2) is 0 Å². The number of hydrogen-bond acceptors (Lipinski definition) is 6. The summed E-state index contributed by atoms with van der Waals surface area (Å²) in [7, 11) is 0. The predicted molar refractivity (Wildman–Crippen MR) is 128 cm³/mol. The molecule has 0 unspecified atom stereocenters. The molecule has 11 heteroatoms. The van der Waals surface area contributed by atoms with E-state index in [4.69, 9.17) is 0 Å². The van der Waals surface area contributed by atoms with E-state index in [0.29, 0.717) is 28.9 Å². The topological polar surface area (TPSA) is 140 Å². The fraction of sp³-hybridized carbons (Fsp3) is 0.500. The molecule has 5 rings (SSSR count). The number of H-pyrrole nitrogens is 1. The van der Waals surface area contributed by atoms with Crippen molar-refractivity contribution in [1.29, 1.82) is 0 Å². The summed E-state index contributed by atoms with van der Waals surface area (Å²) in [6.45, 7) is 4.10. The van der Waals surface area contributed by atoms with Crippen molar-refractivity contribution < 1.29 is 9.59 Å². The quantitative estimate of drug-likeness (QED) is 0.407. The number of carbonyl (C=O) groups is 2. The first-order valence-corrected chi connectivity index (χ1v) is 12.1. The Hall–Kier alpha value is -3.76. The Morgan fingerprint density at radius 2 is 1.89 bits per heavy atom. The van der Waals surface area contributed by atoms with Crippen LogP contribution in [0, 0.1) is 17.8 Å². The maximum atomic E-state index is 13.5. The molecule has 11 nitrogen and oxygen atoms in total. The van der Waals surface area contributed by atoms with Gasteiger partial charge in [-0.3, -0.25) is 28.7 Å². The van der Waals surface area contributed by atoms with Crippen LogP contribution in [0.1, 0.15) is 61.8 Å². The molecule has 2 amide bonds. The molecule has 0 spiro atoms. The molecule has 3 heterocycles. The zero-order valence-electron chi connectivity index (χ0n) is 19.8. The molecule has 35 heavy (non-hydrogen) atoms. The van der Waals surface area contributed by atoms with Crippen LogP contribution in [0.4, 0.5) is 5.69 Å². The second kappa shape index (κ2) is 9.47. The number of hydrogen-bond donors (Lipinski definition) is 3. The number of nitrogens with one attached hydrogen (secondary N) is 3. The van der Waals surface area contributed by atoms with Crippen LogP contribution in [0.3, 0.4) is 0 Å². The van der Waals surface area contributed by atoms with Crippen LogP contribution in [-0.2, 0) is 11.3 Å². The van der Waals surface area contributed by atoms with Gasteiger partial charge < -0.3 is 15.6 Å². The van der Waals surface area contributed by atoms with Gasteiger partial charge in [-0.1, -0.05) is 0 Å². The summed E-state index contributed by atoms with van der Waals surface area (Å²) >= 11 is 0. The maximum absolute atomic E-state index is 13.5. The van der Waals surface area contributed by atoms with Crippen LogP contribution in [0.2, 0.25) is 0 Å². The third-order valence-corrected chi connectivity index (χ3v) is 6.67. The number of amides is 2. The van der Waals surface area contributed by atoms with E-state index >= 15 is 0 Å². The Balaban J connectivity index is 1.33. The van der Waals surface area contributed by atoms with Crippen molar-refractivity contribution in [1.82, 2.24) is 34.8 Å². The molecule has 2 fully saturated rings. The highest BCUT2D eigenvalue weighted by Crippen LogP contribution is 2.50. The van der Waals surface area contributed by atoms with Gasteiger partial charge in [0.1, 0.15) is 17.4 Å². The maximum Gasteiger partial charge on any atom is 0.271 e. The summed E-state index contributed by atoms with van der Waals surface area (Å²) in [5.74, 6) is 0.455. The fourth-order valence-corrected chi connectivity index (χ4v) is 4.73. The van der Waals surface area contributed by atoms with E-state index < -0.39 is 6.04 Å². The van der Waals surface area contributed by atoms with Crippen molar-refractivity contribution in [2.45, 2.75) is 58.2 Å². The van der Waals surface area contributed by atoms with E-state index in [0.717, 1.165) is 25.7 Å². The highest BCUT2D eigenvalue weighted by Gasteiger charge is 2.48. The van der Waals surface area contributed by atoms with Gasteiger partial charge in [0.15, 0.2) is 0 Å². The molecule has 2 aliphatic rings. The molecule has 2 aliphatic carbocycles. The molecule has 184 valence electrons. The molecule has 0 saturated heterocycles. The van der Waals surface area contributed by atoms with Gasteiger partial charge in [-0.05, 0) is 63.4 Å². The number of rotatable bonds is 10. The first kappa shape index (κ1) is 23.0. The molecule has 0 aromatic carbocycles. The van der Waals surface area contributed by atoms with Crippen LogP contribution in [0.25, 0.3) is 0 Å². The Morgan fingerprint density at radius 3 is 2.54 bits per heavy atom. The van der Waals surface area contributed by atoms with Crippen molar-refractivity contribution in [3.63, 3.8) is 0 Å². The van der Waals surface area contributed by atoms with Crippen molar-refractivity contribution in [2.24, 2.45) is 17.8 Å². The highest BCUT2D eigenvalue weighted by molar-refractivity contribution is 6.00. The van der Waals surface area contributed by atoms with Crippen LogP contribution in [0.5, 0.6) is 0 Å². The molecular weight excluding hydrogens is 448 g/mol. The second-order valence-corrected chi connectivity index (χ2v) is 9.74. The van der Waals surface area contributed by atoms with Gasteiger partial charge in [0, 0.05) is 30.8 Å². The molecule has 2 saturated carbocycles. The van der Waals surface area contributed by atoms with Gasteiger partial charge in [-0.2, -0.15) is 10.2 Å². The van der Waals surface area contributed by atoms with Crippen molar-refractivity contribution in [2.75, 3.05) is 5.32 Å². The highest BCUT2D eigenvalue weighted by atomic mass is 16.2. The van der Waals surface area contributed by atoms with Gasteiger partial charge in [0.25, 0.3) is 11.5 Å². The minimum absolute atomic E-state index is 0.0258. The Bertz CT molecular complexity index is 1260. The standard InChI is InChI=1S/C24H30N8O3/c1-14(2)32-19(7-8-27-32)23(34)30-21(20(15-3-4-15)16-5-6-16)24(35)29-17-11-28-31(12-17)13-18-22(33)26-10-9-25-18/h7-12,14-16,20-21H,3-6,13H2,1-2H3,(H,26,33)(H,29,35)(H,30,34)/t21-/m0/s1. The fourth-order valence-electron chi connectivity index (χ4n) is 4.73. The number of aromatic nitrogens is 6. The largest absolute Gasteiger partial charge is 0.339 e. The lowest BCUT2D eigenvalue weighted by molar-refractivity contribution is -0.119. The van der Waals surface area contributed by atoms with E-state index in [1.165, 1.54) is 18.6 Å². The van der Waals surface area contributed by atoms with Crippen molar-refractivity contribution >= 4 is 17.5 Å². The number of aromatic amines is 1. The lowest BCUT2D eigenvalue weighted by Gasteiger charge is -2.27. The summed E-state index contributed by atoms with van der Waals surface area (Å²) in [6, 6.07) is 1.05. The summed E-state index contributed by atoms with van der Waals surface area (Å²) in [5.41, 5.74) is 0.979. The molecule has 0 aliphatic heterocycles. The molecule has 0 radical (unpaired) electrons. The van der Waals surface area contributed by atoms with E-state index in [2.05, 4.69) is 30.8 Å². The lowest BCUT2D eigenvalue weighted by Crippen LogP contribution is -2.50. The normalized spacial score (nSPS) is 16.5. The lowest BCUT2D eigenvalue weighted by atomic mass is 9.88. The van der Waals surface area contributed by atoms with E-state index in [1.807, 2.05) is 13.8 Å². The number of nitrogens with zero attached hydrogens (tertiary/aromatic N) is 5. The molecule has 3 aromatic heterocycles. The molecule has 3 aromatic rings. The zero-order chi connectivity index (χ0) is 24.5. The van der Waals surface area contributed by atoms with Gasteiger partial charge in [-0.15, -0.1) is 0 Å². The number of carbonyl (C=O) groups excluding carboxylic acids is 2. The van der Waals surface area contributed by atoms with Crippen LogP contribution >= 0.6 is 0 Å².